The molecule has 1 N–H and O–H groups in total. The average Bonchev–Trinajstić information content (AvgIpc) is 2.73. The zero-order valence-electron chi connectivity index (χ0n) is 18.3. The molecule has 0 bridgehead atoms. The number of carboxylic acids is 1. The van der Waals surface area contributed by atoms with Crippen molar-refractivity contribution in [1.29, 1.82) is 0 Å². The molecule has 3 aromatic rings. The molecule has 3 aromatic carbocycles. The predicted octanol–water partition coefficient (Wildman–Crippen LogP) is 5.42. The minimum atomic E-state index is -0.824. The van der Waals surface area contributed by atoms with Crippen molar-refractivity contribution in [2.24, 2.45) is 0 Å². The summed E-state index contributed by atoms with van der Waals surface area (Å²) >= 11 is 0. The smallest absolute Gasteiger partial charge is 0.317 e. The fraction of sp³-hybridized carbons (Fsp3) is 0.269. The van der Waals surface area contributed by atoms with Crippen LogP contribution < -0.4 is 4.90 Å². The number of carbonyl (C=O) groups is 1. The minimum Gasteiger partial charge on any atom is -0.480 e. The third kappa shape index (κ3) is 6.40. The van der Waals surface area contributed by atoms with Crippen molar-refractivity contribution in [3.63, 3.8) is 0 Å². The van der Waals surface area contributed by atoms with E-state index in [1.54, 1.807) is 11.9 Å². The van der Waals surface area contributed by atoms with E-state index in [-0.39, 0.29) is 18.4 Å². The Balaban J connectivity index is 1.67. The molecule has 0 amide bonds. The third-order valence-electron chi connectivity index (χ3n) is 5.23. The van der Waals surface area contributed by atoms with Crippen LogP contribution in [-0.2, 0) is 17.9 Å². The van der Waals surface area contributed by atoms with E-state index in [4.69, 9.17) is 5.11 Å². The summed E-state index contributed by atoms with van der Waals surface area (Å²) in [7, 11) is 1.80. The Labute approximate surface area is 183 Å². The highest BCUT2D eigenvalue weighted by atomic mass is 19.1. The van der Waals surface area contributed by atoms with Crippen molar-refractivity contribution in [3.8, 4) is 11.1 Å². The second-order valence-corrected chi connectivity index (χ2v) is 8.16. The molecule has 0 saturated carbocycles. The van der Waals surface area contributed by atoms with Crippen LogP contribution in [0.5, 0.6) is 0 Å². The molecule has 0 radical (unpaired) electrons. The van der Waals surface area contributed by atoms with Crippen molar-refractivity contribution in [1.82, 2.24) is 4.90 Å². The van der Waals surface area contributed by atoms with Gasteiger partial charge in [-0.3, -0.25) is 9.69 Å². The van der Waals surface area contributed by atoms with Crippen LogP contribution >= 0.6 is 0 Å². The van der Waals surface area contributed by atoms with Crippen molar-refractivity contribution in [3.05, 3.63) is 89.7 Å². The van der Waals surface area contributed by atoms with Crippen molar-refractivity contribution >= 4 is 11.7 Å². The third-order valence-corrected chi connectivity index (χ3v) is 5.23. The summed E-state index contributed by atoms with van der Waals surface area (Å²) in [6.45, 7) is 5.63. The van der Waals surface area contributed by atoms with E-state index in [1.165, 1.54) is 17.7 Å². The summed E-state index contributed by atoms with van der Waals surface area (Å²) in [5.41, 5.74) is 5.52. The van der Waals surface area contributed by atoms with Crippen LogP contribution in [0, 0.1) is 5.82 Å². The van der Waals surface area contributed by atoms with Gasteiger partial charge >= 0.3 is 5.97 Å². The van der Waals surface area contributed by atoms with Gasteiger partial charge in [0.2, 0.25) is 0 Å². The zero-order valence-corrected chi connectivity index (χ0v) is 18.3. The van der Waals surface area contributed by atoms with Crippen LogP contribution in [0.3, 0.4) is 0 Å². The fourth-order valence-electron chi connectivity index (χ4n) is 3.60. The summed E-state index contributed by atoms with van der Waals surface area (Å²) in [6.07, 6.45) is 0. The molecule has 31 heavy (non-hydrogen) atoms. The van der Waals surface area contributed by atoms with Crippen LogP contribution in [0.25, 0.3) is 11.1 Å². The molecule has 4 nitrogen and oxygen atoms in total. The first kappa shape index (κ1) is 22.5. The maximum atomic E-state index is 13.3. The molecular weight excluding hydrogens is 391 g/mol. The Hall–Kier alpha value is -3.18. The highest BCUT2D eigenvalue weighted by Gasteiger charge is 2.12. The lowest BCUT2D eigenvalue weighted by Crippen LogP contribution is -2.30. The van der Waals surface area contributed by atoms with Gasteiger partial charge in [-0.2, -0.15) is 0 Å². The van der Waals surface area contributed by atoms with Crippen LogP contribution in [-0.4, -0.2) is 35.6 Å². The Kier molecular flexibility index (Phi) is 7.42. The highest BCUT2D eigenvalue weighted by molar-refractivity contribution is 5.69. The lowest BCUT2D eigenvalue weighted by molar-refractivity contribution is -0.138. The molecule has 0 aliphatic carbocycles. The van der Waals surface area contributed by atoms with Crippen LogP contribution in [0.1, 0.15) is 25.0 Å². The maximum Gasteiger partial charge on any atom is 0.317 e. The monoisotopic (exact) mass is 420 g/mol. The van der Waals surface area contributed by atoms with Crippen LogP contribution in [0.4, 0.5) is 10.1 Å². The van der Waals surface area contributed by atoms with E-state index in [2.05, 4.69) is 55.1 Å². The van der Waals surface area contributed by atoms with Gasteiger partial charge in [0.25, 0.3) is 0 Å². The van der Waals surface area contributed by atoms with E-state index >= 15 is 0 Å². The van der Waals surface area contributed by atoms with Gasteiger partial charge in [-0.15, -0.1) is 0 Å². The summed E-state index contributed by atoms with van der Waals surface area (Å²) in [6, 6.07) is 23.6. The first-order chi connectivity index (χ1) is 14.8. The Morgan fingerprint density at radius 1 is 0.839 bits per heavy atom. The van der Waals surface area contributed by atoms with E-state index < -0.39 is 5.97 Å². The highest BCUT2D eigenvalue weighted by Crippen LogP contribution is 2.24. The summed E-state index contributed by atoms with van der Waals surface area (Å²) in [4.78, 5) is 14.8. The van der Waals surface area contributed by atoms with E-state index in [0.29, 0.717) is 6.54 Å². The lowest BCUT2D eigenvalue weighted by atomic mass is 10.0. The number of halogens is 1. The van der Waals surface area contributed by atoms with Crippen LogP contribution in [0.2, 0.25) is 0 Å². The number of aliphatic carboxylic acids is 1. The molecule has 0 saturated heterocycles. The van der Waals surface area contributed by atoms with E-state index in [1.807, 2.05) is 24.3 Å². The van der Waals surface area contributed by atoms with Crippen LogP contribution in [0.15, 0.2) is 72.8 Å². The molecule has 162 valence electrons. The van der Waals surface area contributed by atoms with Gasteiger partial charge in [0.05, 0.1) is 6.54 Å². The number of anilines is 1. The SMILES string of the molecule is CC(C)N(Cc1ccc(-c2ccc(CN(C)CC(=O)O)cc2)cc1)c1ccc(F)cc1. The molecule has 0 aliphatic heterocycles. The molecule has 0 aliphatic rings. The first-order valence-electron chi connectivity index (χ1n) is 10.4. The molecule has 0 aromatic heterocycles. The normalized spacial score (nSPS) is 11.2. The molecule has 0 spiro atoms. The number of rotatable bonds is 9. The number of benzene rings is 3. The Bertz CT molecular complexity index is 983. The molecule has 5 heteroatoms. The van der Waals surface area contributed by atoms with Crippen molar-refractivity contribution in [2.45, 2.75) is 33.0 Å². The van der Waals surface area contributed by atoms with Crippen molar-refractivity contribution < 1.29 is 14.3 Å². The number of carboxylic acid groups (broad SMARTS) is 1. The minimum absolute atomic E-state index is 0.0224. The average molecular weight is 421 g/mol. The van der Waals surface area contributed by atoms with Gasteiger partial charge in [-0.25, -0.2) is 4.39 Å². The summed E-state index contributed by atoms with van der Waals surface area (Å²) < 4.78 is 13.3. The Morgan fingerprint density at radius 2 is 1.32 bits per heavy atom. The van der Waals surface area contributed by atoms with E-state index in [9.17, 15) is 9.18 Å². The summed E-state index contributed by atoms with van der Waals surface area (Å²) in [5.74, 6) is -1.05. The second-order valence-electron chi connectivity index (χ2n) is 8.16. The predicted molar refractivity (Wildman–Crippen MR) is 124 cm³/mol. The molecule has 3 rings (SSSR count). The van der Waals surface area contributed by atoms with Gasteiger partial charge in [0.1, 0.15) is 5.82 Å². The maximum absolute atomic E-state index is 13.3. The molecule has 0 heterocycles. The standard InChI is InChI=1S/C26H29FN2O2/c1-19(2)29(25-14-12-24(27)13-15-25)17-21-6-10-23(11-7-21)22-8-4-20(5-9-22)16-28(3)18-26(30)31/h4-15,19H,16-18H2,1-3H3,(H,30,31). The fourth-order valence-corrected chi connectivity index (χ4v) is 3.60. The lowest BCUT2D eigenvalue weighted by Gasteiger charge is -2.29. The first-order valence-corrected chi connectivity index (χ1v) is 10.4. The molecule has 0 atom stereocenters. The Morgan fingerprint density at radius 3 is 1.77 bits per heavy atom. The molecule has 0 fully saturated rings. The van der Waals surface area contributed by atoms with Crippen molar-refractivity contribution in [2.75, 3.05) is 18.5 Å². The van der Waals surface area contributed by atoms with Gasteiger partial charge in [0.15, 0.2) is 0 Å². The zero-order chi connectivity index (χ0) is 22.4. The number of hydrogen-bond acceptors (Lipinski definition) is 3. The number of nitrogens with zero attached hydrogens (tertiary/aromatic N) is 2. The molecule has 0 unspecified atom stereocenters. The largest absolute Gasteiger partial charge is 0.480 e. The topological polar surface area (TPSA) is 43.8 Å². The molecular formula is C26H29FN2O2. The summed E-state index contributed by atoms with van der Waals surface area (Å²) in [5, 5.41) is 8.88. The van der Waals surface area contributed by atoms with Gasteiger partial charge in [-0.05, 0) is 67.4 Å². The number of hydrogen-bond donors (Lipinski definition) is 1. The van der Waals surface area contributed by atoms with Gasteiger partial charge in [0, 0.05) is 24.8 Å². The van der Waals surface area contributed by atoms with Gasteiger partial charge < -0.3 is 10.0 Å². The van der Waals surface area contributed by atoms with E-state index in [0.717, 1.165) is 28.9 Å². The van der Waals surface area contributed by atoms with Gasteiger partial charge in [-0.1, -0.05) is 48.5 Å². The number of likely N-dealkylation sites (N-methyl/N-ethyl adjacent to an activating group) is 1. The second kappa shape index (κ2) is 10.2. The quantitative estimate of drug-likeness (QED) is 0.502.